The van der Waals surface area contributed by atoms with Crippen molar-refractivity contribution in [1.82, 2.24) is 10.2 Å². The van der Waals surface area contributed by atoms with Crippen LogP contribution < -0.4 is 5.32 Å². The fourth-order valence-corrected chi connectivity index (χ4v) is 2.42. The minimum atomic E-state index is -0.854. The third kappa shape index (κ3) is 1.28. The molecule has 2 aliphatic rings. The Balaban J connectivity index is 2.15. The standard InChI is InChI=1S/C8H14N2O3/c11-4-6-7-2-1-5(3-9-6)10(7)8(12)13/h5-7,9,11H,1-4H2,(H,12,13)/t5-,6?,7+/m0/s1. The van der Waals surface area contributed by atoms with Gasteiger partial charge in [-0.15, -0.1) is 0 Å². The molecular weight excluding hydrogens is 172 g/mol. The molecule has 2 heterocycles. The van der Waals surface area contributed by atoms with Gasteiger partial charge in [0.1, 0.15) is 0 Å². The average Bonchev–Trinajstić information content (AvgIpc) is 2.42. The van der Waals surface area contributed by atoms with Gasteiger partial charge >= 0.3 is 6.09 Å². The SMILES string of the molecule is O=C(O)N1[C@H]2CC[C@@H]1C(CO)NC2. The van der Waals surface area contributed by atoms with Gasteiger partial charge in [0, 0.05) is 12.6 Å². The maximum atomic E-state index is 10.9. The normalized spacial score (nSPS) is 37.9. The van der Waals surface area contributed by atoms with Gasteiger partial charge in [0.25, 0.3) is 0 Å². The zero-order valence-electron chi connectivity index (χ0n) is 7.31. The maximum Gasteiger partial charge on any atom is 0.407 e. The van der Waals surface area contributed by atoms with Crippen LogP contribution in [0.4, 0.5) is 4.79 Å². The van der Waals surface area contributed by atoms with Crippen molar-refractivity contribution in [3.63, 3.8) is 0 Å². The van der Waals surface area contributed by atoms with Gasteiger partial charge in [-0.2, -0.15) is 0 Å². The third-order valence-corrected chi connectivity index (χ3v) is 3.04. The lowest BCUT2D eigenvalue weighted by Crippen LogP contribution is -2.60. The summed E-state index contributed by atoms with van der Waals surface area (Å²) in [5.41, 5.74) is 0. The monoisotopic (exact) mass is 186 g/mol. The van der Waals surface area contributed by atoms with Gasteiger partial charge in [-0.3, -0.25) is 4.90 Å². The van der Waals surface area contributed by atoms with E-state index in [0.717, 1.165) is 12.8 Å². The summed E-state index contributed by atoms with van der Waals surface area (Å²) in [5, 5.41) is 21.1. The van der Waals surface area contributed by atoms with E-state index >= 15 is 0 Å². The van der Waals surface area contributed by atoms with Gasteiger partial charge in [0.05, 0.1) is 18.7 Å². The van der Waals surface area contributed by atoms with Crippen LogP contribution in [0.25, 0.3) is 0 Å². The largest absolute Gasteiger partial charge is 0.465 e. The van der Waals surface area contributed by atoms with Crippen LogP contribution in [-0.2, 0) is 0 Å². The summed E-state index contributed by atoms with van der Waals surface area (Å²) in [6, 6.07) is 0.0152. The maximum absolute atomic E-state index is 10.9. The number of nitrogens with one attached hydrogen (secondary N) is 1. The van der Waals surface area contributed by atoms with Gasteiger partial charge in [0.2, 0.25) is 0 Å². The lowest BCUT2D eigenvalue weighted by atomic mass is 10.1. The number of carboxylic acid groups (broad SMARTS) is 1. The Kier molecular flexibility index (Phi) is 2.13. The molecule has 0 aromatic heterocycles. The molecule has 2 rings (SSSR count). The molecule has 1 unspecified atom stereocenters. The Bertz CT molecular complexity index is 221. The molecule has 2 saturated heterocycles. The summed E-state index contributed by atoms with van der Waals surface area (Å²) in [7, 11) is 0. The first-order valence-corrected chi connectivity index (χ1v) is 4.59. The zero-order chi connectivity index (χ0) is 9.42. The van der Waals surface area contributed by atoms with Gasteiger partial charge in [0.15, 0.2) is 0 Å². The van der Waals surface area contributed by atoms with Crippen LogP contribution in [0.5, 0.6) is 0 Å². The number of hydrogen-bond acceptors (Lipinski definition) is 3. The summed E-state index contributed by atoms with van der Waals surface area (Å²) in [6.07, 6.45) is 0.933. The summed E-state index contributed by atoms with van der Waals surface area (Å²) in [6.45, 7) is 0.690. The quantitative estimate of drug-likeness (QED) is 0.514. The number of amides is 1. The van der Waals surface area contributed by atoms with Crippen LogP contribution in [0, 0.1) is 0 Å². The summed E-state index contributed by atoms with van der Waals surface area (Å²) >= 11 is 0. The van der Waals surface area contributed by atoms with E-state index in [-0.39, 0.29) is 24.7 Å². The molecule has 2 aliphatic heterocycles. The highest BCUT2D eigenvalue weighted by molar-refractivity contribution is 5.66. The van der Waals surface area contributed by atoms with E-state index in [2.05, 4.69) is 5.32 Å². The lowest BCUT2D eigenvalue weighted by molar-refractivity contribution is 0.0749. The molecule has 0 aromatic rings. The van der Waals surface area contributed by atoms with Crippen molar-refractivity contribution in [2.45, 2.75) is 31.0 Å². The smallest absolute Gasteiger partial charge is 0.407 e. The molecule has 0 saturated carbocycles. The second-order valence-corrected chi connectivity index (χ2v) is 3.69. The fourth-order valence-electron chi connectivity index (χ4n) is 2.42. The lowest BCUT2D eigenvalue weighted by Gasteiger charge is -2.38. The average molecular weight is 186 g/mol. The second-order valence-electron chi connectivity index (χ2n) is 3.69. The molecule has 3 atom stereocenters. The van der Waals surface area contributed by atoms with E-state index in [0.29, 0.717) is 6.54 Å². The first-order chi connectivity index (χ1) is 6.24. The van der Waals surface area contributed by atoms with E-state index in [1.165, 1.54) is 4.90 Å². The highest BCUT2D eigenvalue weighted by Crippen LogP contribution is 2.29. The number of fused-ring (bicyclic) bond motifs is 2. The van der Waals surface area contributed by atoms with Crippen molar-refractivity contribution in [2.24, 2.45) is 0 Å². The van der Waals surface area contributed by atoms with E-state index in [9.17, 15) is 4.79 Å². The fraction of sp³-hybridized carbons (Fsp3) is 0.875. The Morgan fingerprint density at radius 2 is 2.31 bits per heavy atom. The number of nitrogens with zero attached hydrogens (tertiary/aromatic N) is 1. The van der Waals surface area contributed by atoms with Crippen LogP contribution in [-0.4, -0.2) is 52.5 Å². The molecule has 5 heteroatoms. The number of aliphatic hydroxyl groups is 1. The number of rotatable bonds is 1. The number of carbonyl (C=O) groups is 1. The van der Waals surface area contributed by atoms with E-state index in [1.54, 1.807) is 0 Å². The molecule has 5 nitrogen and oxygen atoms in total. The minimum absolute atomic E-state index is 0.0150. The van der Waals surface area contributed by atoms with Gasteiger partial charge in [-0.25, -0.2) is 4.79 Å². The van der Waals surface area contributed by atoms with Gasteiger partial charge in [-0.1, -0.05) is 0 Å². The van der Waals surface area contributed by atoms with Gasteiger partial charge < -0.3 is 15.5 Å². The van der Waals surface area contributed by atoms with Crippen molar-refractivity contribution in [1.29, 1.82) is 0 Å². The molecule has 2 bridgehead atoms. The molecule has 0 aromatic carbocycles. The van der Waals surface area contributed by atoms with Crippen LogP contribution >= 0.6 is 0 Å². The highest BCUT2D eigenvalue weighted by atomic mass is 16.4. The molecule has 0 radical (unpaired) electrons. The van der Waals surface area contributed by atoms with Crippen LogP contribution in [0.15, 0.2) is 0 Å². The number of aliphatic hydroxyl groups excluding tert-OH is 1. The molecular formula is C8H14N2O3. The van der Waals surface area contributed by atoms with Crippen molar-refractivity contribution in [2.75, 3.05) is 13.2 Å². The Hall–Kier alpha value is -0.810. The van der Waals surface area contributed by atoms with Crippen molar-refractivity contribution in [3.05, 3.63) is 0 Å². The van der Waals surface area contributed by atoms with Gasteiger partial charge in [-0.05, 0) is 12.8 Å². The van der Waals surface area contributed by atoms with E-state index < -0.39 is 6.09 Å². The number of piperazine rings is 1. The molecule has 2 fully saturated rings. The Labute approximate surface area is 76.3 Å². The van der Waals surface area contributed by atoms with E-state index in [1.807, 2.05) is 0 Å². The molecule has 3 N–H and O–H groups in total. The molecule has 13 heavy (non-hydrogen) atoms. The first-order valence-electron chi connectivity index (χ1n) is 4.59. The van der Waals surface area contributed by atoms with Crippen LogP contribution in [0.3, 0.4) is 0 Å². The van der Waals surface area contributed by atoms with E-state index in [4.69, 9.17) is 10.2 Å². The van der Waals surface area contributed by atoms with Crippen molar-refractivity contribution in [3.8, 4) is 0 Å². The Morgan fingerprint density at radius 1 is 1.54 bits per heavy atom. The van der Waals surface area contributed by atoms with Crippen molar-refractivity contribution < 1.29 is 15.0 Å². The highest BCUT2D eigenvalue weighted by Gasteiger charge is 2.44. The summed E-state index contributed by atoms with van der Waals surface area (Å²) in [4.78, 5) is 12.4. The number of hydrogen-bond donors (Lipinski definition) is 3. The second kappa shape index (κ2) is 3.16. The molecule has 1 amide bonds. The molecule has 74 valence electrons. The van der Waals surface area contributed by atoms with Crippen LogP contribution in [0.2, 0.25) is 0 Å². The zero-order valence-corrected chi connectivity index (χ0v) is 7.31. The third-order valence-electron chi connectivity index (χ3n) is 3.04. The first kappa shape index (κ1) is 8.77. The summed E-state index contributed by atoms with van der Waals surface area (Å²) in [5.74, 6) is 0. The minimum Gasteiger partial charge on any atom is -0.465 e. The Morgan fingerprint density at radius 3 is 2.92 bits per heavy atom. The molecule has 0 aliphatic carbocycles. The predicted octanol–water partition coefficient (Wildman–Crippen LogP) is -0.539. The van der Waals surface area contributed by atoms with Crippen LogP contribution in [0.1, 0.15) is 12.8 Å². The summed E-state index contributed by atoms with van der Waals surface area (Å²) < 4.78 is 0. The predicted molar refractivity (Wildman–Crippen MR) is 45.6 cm³/mol. The topological polar surface area (TPSA) is 72.8 Å². The van der Waals surface area contributed by atoms with Crippen molar-refractivity contribution >= 4 is 6.09 Å². The molecule has 0 spiro atoms.